The molecule has 4 nitrogen and oxygen atoms in total. The van der Waals surface area contributed by atoms with Gasteiger partial charge in [-0.15, -0.1) is 0 Å². The monoisotopic (exact) mass is 178 g/mol. The predicted molar refractivity (Wildman–Crippen MR) is 55.0 cm³/mol. The van der Waals surface area contributed by atoms with Gasteiger partial charge in [0, 0.05) is 12.7 Å². The number of anilines is 1. The SMILES string of the molecule is CNCC=Cc1ccc(NN)nc1. The fourth-order valence-electron chi connectivity index (χ4n) is 0.902. The summed E-state index contributed by atoms with van der Waals surface area (Å²) in [6.07, 6.45) is 5.80. The summed E-state index contributed by atoms with van der Waals surface area (Å²) in [5.41, 5.74) is 3.54. The first kappa shape index (κ1) is 9.70. The van der Waals surface area contributed by atoms with E-state index in [1.165, 1.54) is 0 Å². The Balaban J connectivity index is 2.58. The van der Waals surface area contributed by atoms with E-state index in [0.29, 0.717) is 5.82 Å². The van der Waals surface area contributed by atoms with Gasteiger partial charge in [0.05, 0.1) is 0 Å². The molecule has 0 spiro atoms. The van der Waals surface area contributed by atoms with Crippen molar-refractivity contribution in [1.82, 2.24) is 10.3 Å². The Kier molecular flexibility index (Phi) is 3.95. The van der Waals surface area contributed by atoms with Gasteiger partial charge in [-0.2, -0.15) is 0 Å². The smallest absolute Gasteiger partial charge is 0.139 e. The standard InChI is InChI=1S/C9H14N4/c1-11-6-2-3-8-4-5-9(13-10)12-7-8/h2-5,7,11H,6,10H2,1H3,(H,12,13). The van der Waals surface area contributed by atoms with E-state index >= 15 is 0 Å². The van der Waals surface area contributed by atoms with Gasteiger partial charge in [0.15, 0.2) is 0 Å². The van der Waals surface area contributed by atoms with E-state index in [-0.39, 0.29) is 0 Å². The zero-order valence-electron chi connectivity index (χ0n) is 7.62. The lowest BCUT2D eigenvalue weighted by atomic mass is 10.2. The lowest BCUT2D eigenvalue weighted by molar-refractivity contribution is 0.922. The molecule has 0 bridgehead atoms. The van der Waals surface area contributed by atoms with E-state index in [9.17, 15) is 0 Å². The van der Waals surface area contributed by atoms with Crippen LogP contribution in [0.2, 0.25) is 0 Å². The predicted octanol–water partition coefficient (Wildman–Crippen LogP) is 0.600. The molecule has 0 aromatic carbocycles. The first-order valence-electron chi connectivity index (χ1n) is 4.10. The molecule has 4 heteroatoms. The van der Waals surface area contributed by atoms with Crippen LogP contribution in [0.5, 0.6) is 0 Å². The molecule has 1 heterocycles. The number of nitrogens with one attached hydrogen (secondary N) is 2. The fourth-order valence-corrected chi connectivity index (χ4v) is 0.902. The van der Waals surface area contributed by atoms with Crippen molar-refractivity contribution in [3.63, 3.8) is 0 Å². The number of rotatable bonds is 4. The summed E-state index contributed by atoms with van der Waals surface area (Å²) >= 11 is 0. The Morgan fingerprint density at radius 2 is 2.38 bits per heavy atom. The minimum atomic E-state index is 0.672. The Labute approximate surface area is 77.8 Å². The number of nitrogen functional groups attached to an aromatic ring is 1. The van der Waals surface area contributed by atoms with Crippen molar-refractivity contribution in [2.45, 2.75) is 0 Å². The zero-order valence-corrected chi connectivity index (χ0v) is 7.62. The van der Waals surface area contributed by atoms with Crippen molar-refractivity contribution in [2.75, 3.05) is 19.0 Å². The molecular weight excluding hydrogens is 164 g/mol. The Bertz CT molecular complexity index is 265. The van der Waals surface area contributed by atoms with E-state index in [0.717, 1.165) is 12.1 Å². The molecule has 0 fully saturated rings. The highest BCUT2D eigenvalue weighted by atomic mass is 15.2. The third kappa shape index (κ3) is 3.23. The van der Waals surface area contributed by atoms with Crippen LogP contribution in [-0.4, -0.2) is 18.6 Å². The van der Waals surface area contributed by atoms with Crippen LogP contribution in [0.15, 0.2) is 24.4 Å². The van der Waals surface area contributed by atoms with Crippen LogP contribution in [-0.2, 0) is 0 Å². The van der Waals surface area contributed by atoms with Crippen LogP contribution in [0.4, 0.5) is 5.82 Å². The summed E-state index contributed by atoms with van der Waals surface area (Å²) in [6.45, 7) is 0.858. The molecule has 0 amide bonds. The number of aromatic nitrogens is 1. The molecule has 4 N–H and O–H groups in total. The number of pyridine rings is 1. The quantitative estimate of drug-likeness (QED) is 0.466. The van der Waals surface area contributed by atoms with Gasteiger partial charge in [0.25, 0.3) is 0 Å². The van der Waals surface area contributed by atoms with Gasteiger partial charge in [-0.25, -0.2) is 10.8 Å². The van der Waals surface area contributed by atoms with Gasteiger partial charge < -0.3 is 10.7 Å². The molecule has 70 valence electrons. The largest absolute Gasteiger partial charge is 0.316 e. The van der Waals surface area contributed by atoms with E-state index in [4.69, 9.17) is 5.84 Å². The van der Waals surface area contributed by atoms with Gasteiger partial charge in [-0.3, -0.25) is 0 Å². The molecule has 0 saturated carbocycles. The van der Waals surface area contributed by atoms with Crippen molar-refractivity contribution in [3.05, 3.63) is 30.0 Å². The van der Waals surface area contributed by atoms with E-state index in [1.54, 1.807) is 6.20 Å². The Hall–Kier alpha value is -1.39. The third-order valence-corrected chi connectivity index (χ3v) is 1.57. The summed E-state index contributed by atoms with van der Waals surface area (Å²) in [6, 6.07) is 3.79. The molecule has 1 rings (SSSR count). The van der Waals surface area contributed by atoms with Gasteiger partial charge >= 0.3 is 0 Å². The van der Waals surface area contributed by atoms with E-state index in [2.05, 4.69) is 15.7 Å². The average Bonchev–Trinajstić information content (AvgIpc) is 2.19. The lowest BCUT2D eigenvalue weighted by Gasteiger charge is -1.97. The average molecular weight is 178 g/mol. The van der Waals surface area contributed by atoms with Crippen LogP contribution in [0, 0.1) is 0 Å². The number of hydrogen-bond acceptors (Lipinski definition) is 4. The topological polar surface area (TPSA) is 63.0 Å². The summed E-state index contributed by atoms with van der Waals surface area (Å²) in [5.74, 6) is 5.85. The van der Waals surface area contributed by atoms with Crippen molar-refractivity contribution in [2.24, 2.45) is 5.84 Å². The van der Waals surface area contributed by atoms with Crippen LogP contribution in [0.1, 0.15) is 5.56 Å². The minimum Gasteiger partial charge on any atom is -0.316 e. The third-order valence-electron chi connectivity index (χ3n) is 1.57. The molecule has 0 radical (unpaired) electrons. The van der Waals surface area contributed by atoms with Crippen LogP contribution < -0.4 is 16.6 Å². The molecule has 0 unspecified atom stereocenters. The van der Waals surface area contributed by atoms with Crippen molar-refractivity contribution in [3.8, 4) is 0 Å². The molecule has 0 saturated heterocycles. The van der Waals surface area contributed by atoms with Crippen molar-refractivity contribution in [1.29, 1.82) is 0 Å². The normalized spacial score (nSPS) is 10.6. The molecule has 13 heavy (non-hydrogen) atoms. The molecular formula is C9H14N4. The Morgan fingerprint density at radius 1 is 1.54 bits per heavy atom. The number of likely N-dealkylation sites (N-methyl/N-ethyl adjacent to an activating group) is 1. The second-order valence-corrected chi connectivity index (χ2v) is 2.58. The van der Waals surface area contributed by atoms with E-state index in [1.807, 2.05) is 31.3 Å². The first-order valence-corrected chi connectivity index (χ1v) is 4.10. The fraction of sp³-hybridized carbons (Fsp3) is 0.222. The molecule has 1 aromatic heterocycles. The minimum absolute atomic E-state index is 0.672. The van der Waals surface area contributed by atoms with Crippen LogP contribution in [0.25, 0.3) is 6.08 Å². The van der Waals surface area contributed by atoms with Crippen LogP contribution in [0.3, 0.4) is 0 Å². The number of nitrogens with two attached hydrogens (primary N) is 1. The number of hydrogen-bond donors (Lipinski definition) is 3. The van der Waals surface area contributed by atoms with Gasteiger partial charge in [-0.1, -0.05) is 12.2 Å². The summed E-state index contributed by atoms with van der Waals surface area (Å²) in [7, 11) is 1.91. The highest BCUT2D eigenvalue weighted by Crippen LogP contribution is 2.04. The molecule has 0 atom stereocenters. The summed E-state index contributed by atoms with van der Waals surface area (Å²) in [5, 5.41) is 3.02. The van der Waals surface area contributed by atoms with Crippen LogP contribution >= 0.6 is 0 Å². The maximum absolute atomic E-state index is 5.18. The second-order valence-electron chi connectivity index (χ2n) is 2.58. The maximum Gasteiger partial charge on any atom is 0.139 e. The Morgan fingerprint density at radius 3 is 2.92 bits per heavy atom. The highest BCUT2D eigenvalue weighted by molar-refractivity contribution is 5.50. The highest BCUT2D eigenvalue weighted by Gasteiger charge is 1.88. The maximum atomic E-state index is 5.18. The van der Waals surface area contributed by atoms with Gasteiger partial charge in [-0.05, 0) is 24.7 Å². The summed E-state index contributed by atoms with van der Waals surface area (Å²) in [4.78, 5) is 4.07. The lowest BCUT2D eigenvalue weighted by Crippen LogP contribution is -2.07. The molecule has 0 aliphatic carbocycles. The van der Waals surface area contributed by atoms with Gasteiger partial charge in [0.2, 0.25) is 0 Å². The molecule has 0 aliphatic rings. The van der Waals surface area contributed by atoms with E-state index < -0.39 is 0 Å². The van der Waals surface area contributed by atoms with Crippen molar-refractivity contribution >= 4 is 11.9 Å². The first-order chi connectivity index (χ1) is 6.36. The van der Waals surface area contributed by atoms with Gasteiger partial charge in [0.1, 0.15) is 5.82 Å². The second kappa shape index (κ2) is 5.29. The summed E-state index contributed by atoms with van der Waals surface area (Å²) < 4.78 is 0. The number of hydrazine groups is 1. The zero-order chi connectivity index (χ0) is 9.52. The van der Waals surface area contributed by atoms with Crippen molar-refractivity contribution < 1.29 is 0 Å². The number of nitrogens with zero attached hydrogens (tertiary/aromatic N) is 1. The molecule has 1 aromatic rings. The molecule has 0 aliphatic heterocycles.